The van der Waals surface area contributed by atoms with Gasteiger partial charge in [0.1, 0.15) is 11.6 Å². The number of rotatable bonds is 4. The van der Waals surface area contributed by atoms with Gasteiger partial charge in [0.25, 0.3) is 0 Å². The van der Waals surface area contributed by atoms with E-state index < -0.39 is 11.6 Å². The largest absolute Gasteiger partial charge is 0.370 e. The highest BCUT2D eigenvalue weighted by Crippen LogP contribution is 2.22. The molecule has 0 saturated heterocycles. The second-order valence-corrected chi connectivity index (χ2v) is 6.90. The fourth-order valence-electron chi connectivity index (χ4n) is 1.29. The maximum atomic E-state index is 13.3. The lowest BCUT2D eigenvalue weighted by Gasteiger charge is -2.16. The first-order valence-electron chi connectivity index (χ1n) is 5.94. The number of anilines is 1. The van der Waals surface area contributed by atoms with Crippen LogP contribution in [0.3, 0.4) is 0 Å². The minimum Gasteiger partial charge on any atom is -0.370 e. The van der Waals surface area contributed by atoms with Gasteiger partial charge in [-0.3, -0.25) is 4.99 Å². The molecule has 0 aliphatic carbocycles. The molecule has 114 valence electrons. The predicted molar refractivity (Wildman–Crippen MR) is 94.1 cm³/mol. The van der Waals surface area contributed by atoms with E-state index in [0.29, 0.717) is 6.54 Å². The van der Waals surface area contributed by atoms with Crippen LogP contribution >= 0.6 is 35.7 Å². The maximum Gasteiger partial charge on any atom is 0.193 e. The number of aliphatic imine (C=N–C) groups is 1. The summed E-state index contributed by atoms with van der Waals surface area (Å²) in [5.41, 5.74) is 5.61. The first-order chi connectivity index (χ1) is 8.78. The molecular weight excluding hydrogens is 395 g/mol. The molecular formula is C13H20F2IN3S. The Morgan fingerprint density at radius 1 is 1.35 bits per heavy atom. The van der Waals surface area contributed by atoms with E-state index in [4.69, 9.17) is 5.73 Å². The van der Waals surface area contributed by atoms with Crippen molar-refractivity contribution in [2.45, 2.75) is 25.5 Å². The zero-order valence-electron chi connectivity index (χ0n) is 11.7. The van der Waals surface area contributed by atoms with E-state index in [2.05, 4.69) is 31.1 Å². The van der Waals surface area contributed by atoms with E-state index >= 15 is 0 Å². The summed E-state index contributed by atoms with van der Waals surface area (Å²) in [6, 6.07) is 3.13. The van der Waals surface area contributed by atoms with Gasteiger partial charge in [-0.25, -0.2) is 8.78 Å². The number of nitrogens with zero attached hydrogens (tertiary/aromatic N) is 1. The third-order valence-corrected chi connectivity index (χ3v) is 3.35. The first kappa shape index (κ1) is 19.4. The van der Waals surface area contributed by atoms with E-state index in [-0.39, 0.29) is 40.4 Å². The average molecular weight is 415 g/mol. The first-order valence-corrected chi connectivity index (χ1v) is 6.92. The number of nitrogens with one attached hydrogen (secondary N) is 1. The molecule has 0 radical (unpaired) electrons. The summed E-state index contributed by atoms with van der Waals surface area (Å²) in [5, 5.41) is 2.55. The van der Waals surface area contributed by atoms with E-state index in [1.54, 1.807) is 11.8 Å². The van der Waals surface area contributed by atoms with Crippen LogP contribution in [0.2, 0.25) is 0 Å². The molecule has 0 amide bonds. The number of hydrogen-bond donors (Lipinski definition) is 2. The lowest BCUT2D eigenvalue weighted by atomic mass is 10.3. The van der Waals surface area contributed by atoms with Crippen LogP contribution in [0.15, 0.2) is 23.2 Å². The van der Waals surface area contributed by atoms with Gasteiger partial charge in [0.05, 0.1) is 12.2 Å². The van der Waals surface area contributed by atoms with Crippen molar-refractivity contribution in [2.24, 2.45) is 10.7 Å². The van der Waals surface area contributed by atoms with E-state index in [1.807, 2.05) is 0 Å². The van der Waals surface area contributed by atoms with Crippen molar-refractivity contribution >= 4 is 47.4 Å². The molecule has 0 fully saturated rings. The number of nitrogens with two attached hydrogens (primary N) is 1. The summed E-state index contributed by atoms with van der Waals surface area (Å²) in [6.45, 7) is 6.87. The van der Waals surface area contributed by atoms with Gasteiger partial charge < -0.3 is 11.1 Å². The number of thioether (sulfide) groups is 1. The second-order valence-electron chi connectivity index (χ2n) is 4.98. The van der Waals surface area contributed by atoms with Crippen molar-refractivity contribution in [3.63, 3.8) is 0 Å². The molecule has 0 atom stereocenters. The SMILES string of the molecule is CC(C)(C)SCCN=C(N)Nc1cc(F)ccc1F.I. The smallest absolute Gasteiger partial charge is 0.193 e. The van der Waals surface area contributed by atoms with E-state index in [9.17, 15) is 8.78 Å². The third kappa shape index (κ3) is 7.88. The van der Waals surface area contributed by atoms with Crippen LogP contribution in [-0.2, 0) is 0 Å². The molecule has 0 aliphatic heterocycles. The molecule has 1 aromatic carbocycles. The Morgan fingerprint density at radius 3 is 2.60 bits per heavy atom. The Kier molecular flexibility index (Phi) is 8.41. The normalized spacial score (nSPS) is 11.9. The Balaban J connectivity index is 0.00000361. The van der Waals surface area contributed by atoms with Crippen molar-refractivity contribution in [3.8, 4) is 0 Å². The third-order valence-electron chi connectivity index (χ3n) is 2.10. The molecule has 20 heavy (non-hydrogen) atoms. The van der Waals surface area contributed by atoms with Gasteiger partial charge in [-0.2, -0.15) is 11.8 Å². The van der Waals surface area contributed by atoms with E-state index in [1.165, 1.54) is 0 Å². The van der Waals surface area contributed by atoms with Crippen LogP contribution < -0.4 is 11.1 Å². The number of hydrogen-bond acceptors (Lipinski definition) is 2. The van der Waals surface area contributed by atoms with Crippen molar-refractivity contribution in [1.82, 2.24) is 0 Å². The molecule has 1 rings (SSSR count). The van der Waals surface area contributed by atoms with Crippen LogP contribution in [0.1, 0.15) is 20.8 Å². The highest BCUT2D eigenvalue weighted by atomic mass is 127. The predicted octanol–water partition coefficient (Wildman–Crippen LogP) is 3.84. The molecule has 0 unspecified atom stereocenters. The van der Waals surface area contributed by atoms with Gasteiger partial charge in [-0.15, -0.1) is 24.0 Å². The summed E-state index contributed by atoms with van der Waals surface area (Å²) in [7, 11) is 0. The summed E-state index contributed by atoms with van der Waals surface area (Å²) in [5.74, 6) is -0.194. The van der Waals surface area contributed by atoms with Crippen LogP contribution in [0.5, 0.6) is 0 Å². The number of guanidine groups is 1. The molecule has 0 aromatic heterocycles. The molecule has 0 bridgehead atoms. The van der Waals surface area contributed by atoms with Crippen LogP contribution in [0, 0.1) is 11.6 Å². The van der Waals surface area contributed by atoms with E-state index in [0.717, 1.165) is 24.0 Å². The number of benzene rings is 1. The Hall–Kier alpha value is -0.570. The van der Waals surface area contributed by atoms with Crippen LogP contribution in [0.25, 0.3) is 0 Å². The van der Waals surface area contributed by atoms with Crippen molar-refractivity contribution < 1.29 is 8.78 Å². The highest BCUT2D eigenvalue weighted by Gasteiger charge is 2.09. The van der Waals surface area contributed by atoms with Crippen LogP contribution in [-0.4, -0.2) is 23.0 Å². The molecule has 0 spiro atoms. The average Bonchev–Trinajstić information content (AvgIpc) is 2.28. The lowest BCUT2D eigenvalue weighted by Crippen LogP contribution is -2.24. The maximum absolute atomic E-state index is 13.3. The zero-order chi connectivity index (χ0) is 14.5. The van der Waals surface area contributed by atoms with Crippen molar-refractivity contribution in [3.05, 3.63) is 29.8 Å². The van der Waals surface area contributed by atoms with Crippen LogP contribution in [0.4, 0.5) is 14.5 Å². The molecule has 1 aromatic rings. The molecule has 7 heteroatoms. The summed E-state index contributed by atoms with van der Waals surface area (Å²) >= 11 is 1.76. The Bertz CT molecular complexity index is 461. The monoisotopic (exact) mass is 415 g/mol. The highest BCUT2D eigenvalue weighted by molar-refractivity contribution is 14.0. The topological polar surface area (TPSA) is 50.4 Å². The standard InChI is InChI=1S/C13H19F2N3S.HI/c1-13(2,3)19-7-6-17-12(16)18-11-8-9(14)4-5-10(11)15;/h4-5,8H,6-7H2,1-3H3,(H3,16,17,18);1H. The quantitative estimate of drug-likeness (QED) is 0.340. The number of halogens is 3. The minimum atomic E-state index is -0.566. The Morgan fingerprint density at radius 2 is 2.00 bits per heavy atom. The fourth-order valence-corrected chi connectivity index (χ4v) is 2.08. The second kappa shape index (κ2) is 8.66. The summed E-state index contributed by atoms with van der Waals surface area (Å²) < 4.78 is 26.4. The van der Waals surface area contributed by atoms with Gasteiger partial charge in [-0.05, 0) is 12.1 Å². The Labute approximate surface area is 139 Å². The fraction of sp³-hybridized carbons (Fsp3) is 0.462. The van der Waals surface area contributed by atoms with Gasteiger partial charge in [0, 0.05) is 16.6 Å². The molecule has 3 N–H and O–H groups in total. The molecule has 0 saturated carbocycles. The minimum absolute atomic E-state index is 0. The zero-order valence-corrected chi connectivity index (χ0v) is 14.9. The summed E-state index contributed by atoms with van der Waals surface area (Å²) in [4.78, 5) is 4.07. The lowest BCUT2D eigenvalue weighted by molar-refractivity contribution is 0.604. The summed E-state index contributed by atoms with van der Waals surface area (Å²) in [6.07, 6.45) is 0. The van der Waals surface area contributed by atoms with Crippen molar-refractivity contribution in [2.75, 3.05) is 17.6 Å². The molecule has 0 heterocycles. The van der Waals surface area contributed by atoms with Gasteiger partial charge in [0.15, 0.2) is 5.96 Å². The molecule has 3 nitrogen and oxygen atoms in total. The molecule has 0 aliphatic rings. The van der Waals surface area contributed by atoms with Crippen molar-refractivity contribution in [1.29, 1.82) is 0 Å². The van der Waals surface area contributed by atoms with Gasteiger partial charge >= 0.3 is 0 Å². The van der Waals surface area contributed by atoms with Gasteiger partial charge in [0.2, 0.25) is 0 Å². The van der Waals surface area contributed by atoms with Gasteiger partial charge in [-0.1, -0.05) is 20.8 Å².